The van der Waals surface area contributed by atoms with Crippen LogP contribution < -0.4 is 9.46 Å². The molecule has 0 radical (unpaired) electrons. The lowest BCUT2D eigenvalue weighted by Crippen LogP contribution is -2.18. The highest BCUT2D eigenvalue weighted by atomic mass is 79.9. The summed E-state index contributed by atoms with van der Waals surface area (Å²) in [6.07, 6.45) is 0.447. The highest BCUT2D eigenvalue weighted by Crippen LogP contribution is 2.28. The topological polar surface area (TPSA) is 64.6 Å². The summed E-state index contributed by atoms with van der Waals surface area (Å²) in [5, 5.41) is 0. The predicted octanol–water partition coefficient (Wildman–Crippen LogP) is 2.24. The molecule has 0 atom stereocenters. The summed E-state index contributed by atoms with van der Waals surface area (Å²) >= 11 is 3.29. The Morgan fingerprint density at radius 2 is 2.06 bits per heavy atom. The Kier molecular flexibility index (Phi) is 5.90. The van der Waals surface area contributed by atoms with Gasteiger partial charge in [0, 0.05) is 18.2 Å². The summed E-state index contributed by atoms with van der Waals surface area (Å²) in [5.74, 6) is 0.491. The van der Waals surface area contributed by atoms with Crippen molar-refractivity contribution in [3.05, 3.63) is 22.7 Å². The monoisotopic (exact) mass is 337 g/mol. The Labute approximate surface area is 116 Å². The Morgan fingerprint density at radius 3 is 2.67 bits per heavy atom. The van der Waals surface area contributed by atoms with E-state index in [1.165, 1.54) is 14.2 Å². The summed E-state index contributed by atoms with van der Waals surface area (Å²) in [4.78, 5) is 0. The number of methoxy groups -OCH3 is 2. The molecule has 0 aliphatic heterocycles. The lowest BCUT2D eigenvalue weighted by molar-refractivity contribution is 0.199. The third kappa shape index (κ3) is 4.83. The highest BCUT2D eigenvalue weighted by Gasteiger charge is 2.13. The van der Waals surface area contributed by atoms with Gasteiger partial charge in [-0.1, -0.05) is 15.9 Å². The number of nitrogens with one attached hydrogen (secondary N) is 1. The van der Waals surface area contributed by atoms with Gasteiger partial charge in [0.25, 0.3) is 0 Å². The molecule has 0 amide bonds. The minimum Gasteiger partial charge on any atom is -0.495 e. The van der Waals surface area contributed by atoms with Gasteiger partial charge >= 0.3 is 0 Å². The fourth-order valence-electron chi connectivity index (χ4n) is 1.37. The molecule has 1 aromatic rings. The molecule has 0 aliphatic carbocycles. The molecule has 7 heteroatoms. The van der Waals surface area contributed by atoms with Gasteiger partial charge in [0.15, 0.2) is 0 Å². The molecule has 1 N–H and O–H groups in total. The van der Waals surface area contributed by atoms with Crippen LogP contribution in [-0.2, 0) is 14.8 Å². The zero-order chi connectivity index (χ0) is 13.6. The lowest BCUT2D eigenvalue weighted by Gasteiger charge is -2.12. The molecule has 0 aromatic heterocycles. The number of sulfonamides is 1. The Bertz CT molecular complexity index is 490. The van der Waals surface area contributed by atoms with Gasteiger partial charge in [-0.05, 0) is 24.6 Å². The van der Waals surface area contributed by atoms with Crippen molar-refractivity contribution in [3.8, 4) is 5.75 Å². The second-order valence-electron chi connectivity index (χ2n) is 3.61. The van der Waals surface area contributed by atoms with Crippen LogP contribution >= 0.6 is 15.9 Å². The normalized spacial score (nSPS) is 11.3. The van der Waals surface area contributed by atoms with Crippen LogP contribution in [0.2, 0.25) is 0 Å². The molecule has 102 valence electrons. The molecule has 18 heavy (non-hydrogen) atoms. The largest absolute Gasteiger partial charge is 0.495 e. The van der Waals surface area contributed by atoms with Crippen molar-refractivity contribution in [1.29, 1.82) is 0 Å². The summed E-state index contributed by atoms with van der Waals surface area (Å²) in [6, 6.07) is 5.13. The molecular weight excluding hydrogens is 322 g/mol. The first-order valence-corrected chi connectivity index (χ1v) is 7.76. The molecule has 0 spiro atoms. The minimum absolute atomic E-state index is 0.0104. The van der Waals surface area contributed by atoms with Crippen molar-refractivity contribution in [1.82, 2.24) is 0 Å². The van der Waals surface area contributed by atoms with E-state index in [-0.39, 0.29) is 5.75 Å². The van der Waals surface area contributed by atoms with Crippen LogP contribution in [0.15, 0.2) is 22.7 Å². The zero-order valence-electron chi connectivity index (χ0n) is 10.3. The molecule has 5 nitrogen and oxygen atoms in total. The van der Waals surface area contributed by atoms with Gasteiger partial charge in [0.1, 0.15) is 5.75 Å². The molecule has 1 aromatic carbocycles. The standard InChI is InChI=1S/C11H16BrNO4S/c1-16-6-3-7-18(14,15)13-10-8-9(12)4-5-11(10)17-2/h4-5,8,13H,3,6-7H2,1-2H3. The van der Waals surface area contributed by atoms with E-state index in [0.717, 1.165) is 4.47 Å². The van der Waals surface area contributed by atoms with E-state index in [0.29, 0.717) is 24.5 Å². The summed E-state index contributed by atoms with van der Waals surface area (Å²) in [5.41, 5.74) is 0.421. The van der Waals surface area contributed by atoms with Crippen LogP contribution in [0.5, 0.6) is 5.75 Å². The molecular formula is C11H16BrNO4S. The van der Waals surface area contributed by atoms with E-state index in [4.69, 9.17) is 9.47 Å². The van der Waals surface area contributed by atoms with Gasteiger partial charge in [-0.25, -0.2) is 8.42 Å². The van der Waals surface area contributed by atoms with E-state index < -0.39 is 10.0 Å². The van der Waals surface area contributed by atoms with Gasteiger partial charge in [-0.3, -0.25) is 4.72 Å². The smallest absolute Gasteiger partial charge is 0.232 e. The lowest BCUT2D eigenvalue weighted by atomic mass is 10.3. The summed E-state index contributed by atoms with van der Waals surface area (Å²) < 4.78 is 36.8. The Balaban J connectivity index is 2.79. The van der Waals surface area contributed by atoms with Crippen molar-refractivity contribution in [3.63, 3.8) is 0 Å². The fourth-order valence-corrected chi connectivity index (χ4v) is 2.83. The Morgan fingerprint density at radius 1 is 1.33 bits per heavy atom. The van der Waals surface area contributed by atoms with Crippen LogP contribution in [0.3, 0.4) is 0 Å². The van der Waals surface area contributed by atoms with Crippen molar-refractivity contribution < 1.29 is 17.9 Å². The van der Waals surface area contributed by atoms with Crippen LogP contribution in [0.25, 0.3) is 0 Å². The molecule has 0 aliphatic rings. The first-order valence-electron chi connectivity index (χ1n) is 5.31. The molecule has 1 rings (SSSR count). The van der Waals surface area contributed by atoms with Crippen LogP contribution in [0.1, 0.15) is 6.42 Å². The van der Waals surface area contributed by atoms with Gasteiger partial charge in [-0.2, -0.15) is 0 Å². The summed E-state index contributed by atoms with van der Waals surface area (Å²) in [7, 11) is -0.356. The maximum Gasteiger partial charge on any atom is 0.232 e. The van der Waals surface area contributed by atoms with Crippen molar-refractivity contribution in [2.24, 2.45) is 0 Å². The predicted molar refractivity (Wildman–Crippen MR) is 74.6 cm³/mol. The number of anilines is 1. The number of rotatable bonds is 7. The highest BCUT2D eigenvalue weighted by molar-refractivity contribution is 9.10. The maximum absolute atomic E-state index is 11.8. The fraction of sp³-hybridized carbons (Fsp3) is 0.455. The molecule has 0 saturated carbocycles. The van der Waals surface area contributed by atoms with Gasteiger partial charge in [0.2, 0.25) is 10.0 Å². The van der Waals surface area contributed by atoms with Crippen molar-refractivity contribution in [2.75, 3.05) is 31.3 Å². The van der Waals surface area contributed by atoms with Gasteiger partial charge in [0.05, 0.1) is 18.6 Å². The number of halogens is 1. The van der Waals surface area contributed by atoms with Gasteiger partial charge < -0.3 is 9.47 Å². The molecule has 0 fully saturated rings. The average molecular weight is 338 g/mol. The average Bonchev–Trinajstić information content (AvgIpc) is 2.29. The van der Waals surface area contributed by atoms with E-state index in [9.17, 15) is 8.42 Å². The van der Waals surface area contributed by atoms with Crippen molar-refractivity contribution >= 4 is 31.6 Å². The van der Waals surface area contributed by atoms with Crippen LogP contribution in [-0.4, -0.2) is 35.0 Å². The zero-order valence-corrected chi connectivity index (χ0v) is 12.7. The Hall–Kier alpha value is -0.790. The van der Waals surface area contributed by atoms with Gasteiger partial charge in [-0.15, -0.1) is 0 Å². The first kappa shape index (κ1) is 15.3. The first-order chi connectivity index (χ1) is 8.48. The van der Waals surface area contributed by atoms with E-state index in [2.05, 4.69) is 20.7 Å². The maximum atomic E-state index is 11.8. The molecule has 0 unspecified atom stereocenters. The molecule has 0 heterocycles. The number of ether oxygens (including phenoxy) is 2. The van der Waals surface area contributed by atoms with E-state index in [1.807, 2.05) is 0 Å². The second kappa shape index (κ2) is 6.96. The SMILES string of the molecule is COCCCS(=O)(=O)Nc1cc(Br)ccc1OC. The van der Waals surface area contributed by atoms with E-state index in [1.54, 1.807) is 18.2 Å². The third-order valence-electron chi connectivity index (χ3n) is 2.19. The quantitative estimate of drug-likeness (QED) is 0.775. The molecule has 0 saturated heterocycles. The van der Waals surface area contributed by atoms with Crippen LogP contribution in [0, 0.1) is 0 Å². The molecule has 0 bridgehead atoms. The van der Waals surface area contributed by atoms with Crippen molar-refractivity contribution in [2.45, 2.75) is 6.42 Å². The summed E-state index contributed by atoms with van der Waals surface area (Å²) in [6.45, 7) is 0.413. The van der Waals surface area contributed by atoms with Crippen LogP contribution in [0.4, 0.5) is 5.69 Å². The number of hydrogen-bond donors (Lipinski definition) is 1. The second-order valence-corrected chi connectivity index (χ2v) is 6.37. The van der Waals surface area contributed by atoms with E-state index >= 15 is 0 Å². The number of benzene rings is 1. The number of hydrogen-bond acceptors (Lipinski definition) is 4. The third-order valence-corrected chi connectivity index (χ3v) is 4.04. The minimum atomic E-state index is -3.39.